The minimum atomic E-state index is -0.0372. The number of anilines is 1. The molecule has 3 heterocycles. The molecule has 0 atom stereocenters. The Kier molecular flexibility index (Phi) is 4.09. The summed E-state index contributed by atoms with van der Waals surface area (Å²) in [7, 11) is 0. The summed E-state index contributed by atoms with van der Waals surface area (Å²) in [6, 6.07) is 13.7. The van der Waals surface area contributed by atoms with Gasteiger partial charge in [-0.2, -0.15) is 5.10 Å². The lowest BCUT2D eigenvalue weighted by molar-refractivity contribution is 0.0688. The average Bonchev–Trinajstić information content (AvgIpc) is 3.08. The Morgan fingerprint density at radius 1 is 1.16 bits per heavy atom. The fourth-order valence-electron chi connectivity index (χ4n) is 3.16. The van der Waals surface area contributed by atoms with Gasteiger partial charge >= 0.3 is 0 Å². The van der Waals surface area contributed by atoms with E-state index in [9.17, 15) is 4.79 Å². The van der Waals surface area contributed by atoms with E-state index in [4.69, 9.17) is 4.42 Å². The van der Waals surface area contributed by atoms with Gasteiger partial charge in [-0.25, -0.2) is 0 Å². The second kappa shape index (κ2) is 6.55. The highest BCUT2D eigenvalue weighted by Crippen LogP contribution is 2.22. The summed E-state index contributed by atoms with van der Waals surface area (Å²) in [5.41, 5.74) is 1.65. The van der Waals surface area contributed by atoms with Gasteiger partial charge in [-0.15, -0.1) is 5.10 Å². The number of likely N-dealkylation sites (tertiary alicyclic amines) is 1. The molecule has 1 saturated heterocycles. The van der Waals surface area contributed by atoms with Gasteiger partial charge in [0, 0.05) is 24.5 Å². The van der Waals surface area contributed by atoms with Gasteiger partial charge in [0.15, 0.2) is 5.76 Å². The number of piperidine rings is 1. The number of amides is 1. The highest BCUT2D eigenvalue weighted by molar-refractivity contribution is 5.96. The van der Waals surface area contributed by atoms with Crippen LogP contribution in [0, 0.1) is 6.92 Å². The Morgan fingerprint density at radius 3 is 2.68 bits per heavy atom. The molecular formula is C19H20N4O2. The monoisotopic (exact) mass is 336 g/mol. The highest BCUT2D eigenvalue weighted by Gasteiger charge is 2.25. The minimum Gasteiger partial charge on any atom is -0.451 e. The van der Waals surface area contributed by atoms with Gasteiger partial charge in [-0.05, 0) is 44.0 Å². The number of fused-ring (bicyclic) bond motifs is 1. The maximum atomic E-state index is 12.7. The first kappa shape index (κ1) is 15.6. The number of furan rings is 1. The van der Waals surface area contributed by atoms with Gasteiger partial charge in [-0.1, -0.05) is 18.2 Å². The molecule has 0 spiro atoms. The third-order valence-corrected chi connectivity index (χ3v) is 4.57. The van der Waals surface area contributed by atoms with Crippen molar-refractivity contribution >= 4 is 22.7 Å². The number of hydrogen-bond acceptors (Lipinski definition) is 5. The lowest BCUT2D eigenvalue weighted by Gasteiger charge is -2.32. The molecule has 0 bridgehead atoms. The molecule has 1 amide bonds. The topological polar surface area (TPSA) is 71.3 Å². The van der Waals surface area contributed by atoms with Gasteiger partial charge in [0.1, 0.15) is 11.4 Å². The van der Waals surface area contributed by atoms with E-state index in [1.807, 2.05) is 54.3 Å². The second-order valence-corrected chi connectivity index (χ2v) is 6.42. The summed E-state index contributed by atoms with van der Waals surface area (Å²) < 4.78 is 5.69. The number of nitrogens with zero attached hydrogens (tertiary/aromatic N) is 3. The number of nitrogens with one attached hydrogen (secondary N) is 1. The number of carbonyl (C=O) groups is 1. The van der Waals surface area contributed by atoms with Gasteiger partial charge in [0.2, 0.25) is 0 Å². The predicted octanol–water partition coefficient (Wildman–Crippen LogP) is 3.25. The largest absolute Gasteiger partial charge is 0.451 e. The quantitative estimate of drug-likeness (QED) is 0.795. The van der Waals surface area contributed by atoms with Crippen molar-refractivity contribution in [2.45, 2.75) is 25.8 Å². The van der Waals surface area contributed by atoms with Crippen molar-refractivity contribution < 1.29 is 9.21 Å². The van der Waals surface area contributed by atoms with Gasteiger partial charge < -0.3 is 14.6 Å². The SMILES string of the molecule is Cc1ccc(NC2CCN(C(=O)c3cc4ccccc4o3)CC2)nn1. The molecule has 25 heavy (non-hydrogen) atoms. The Labute approximate surface area is 145 Å². The molecule has 1 aromatic carbocycles. The van der Waals surface area contributed by atoms with Gasteiger partial charge in [-0.3, -0.25) is 4.79 Å². The van der Waals surface area contributed by atoms with E-state index >= 15 is 0 Å². The number of aromatic nitrogens is 2. The molecule has 0 unspecified atom stereocenters. The van der Waals surface area contributed by atoms with Crippen molar-refractivity contribution in [3.05, 3.63) is 53.9 Å². The van der Waals surface area contributed by atoms with E-state index in [1.54, 1.807) is 0 Å². The van der Waals surface area contributed by atoms with Crippen LogP contribution in [0.5, 0.6) is 0 Å². The van der Waals surface area contributed by atoms with Crippen molar-refractivity contribution in [1.29, 1.82) is 0 Å². The van der Waals surface area contributed by atoms with Crippen LogP contribution >= 0.6 is 0 Å². The zero-order chi connectivity index (χ0) is 17.2. The van der Waals surface area contributed by atoms with Crippen LogP contribution < -0.4 is 5.32 Å². The van der Waals surface area contributed by atoms with Crippen LogP contribution in [-0.4, -0.2) is 40.1 Å². The van der Waals surface area contributed by atoms with E-state index in [-0.39, 0.29) is 5.91 Å². The zero-order valence-corrected chi connectivity index (χ0v) is 14.1. The summed E-state index contributed by atoms with van der Waals surface area (Å²) in [4.78, 5) is 14.5. The fraction of sp³-hybridized carbons (Fsp3) is 0.316. The number of carbonyl (C=O) groups excluding carboxylic acids is 1. The number of aryl methyl sites for hydroxylation is 1. The minimum absolute atomic E-state index is 0.0372. The molecular weight excluding hydrogens is 316 g/mol. The molecule has 2 aromatic heterocycles. The molecule has 128 valence electrons. The molecule has 1 aliphatic rings. The van der Waals surface area contributed by atoms with E-state index in [0.29, 0.717) is 24.9 Å². The third-order valence-electron chi connectivity index (χ3n) is 4.57. The van der Waals surface area contributed by atoms with Crippen LogP contribution in [0.25, 0.3) is 11.0 Å². The Balaban J connectivity index is 1.37. The summed E-state index contributed by atoms with van der Waals surface area (Å²) in [5.74, 6) is 1.16. The molecule has 0 aliphatic carbocycles. The lowest BCUT2D eigenvalue weighted by atomic mass is 10.0. The molecule has 1 fully saturated rings. The Hall–Kier alpha value is -2.89. The maximum absolute atomic E-state index is 12.7. The van der Waals surface area contributed by atoms with E-state index in [1.165, 1.54) is 0 Å². The molecule has 6 heteroatoms. The summed E-state index contributed by atoms with van der Waals surface area (Å²) in [5, 5.41) is 12.6. The number of para-hydroxylation sites is 1. The van der Waals surface area contributed by atoms with Crippen molar-refractivity contribution in [3.63, 3.8) is 0 Å². The molecule has 1 aliphatic heterocycles. The normalized spacial score (nSPS) is 15.5. The van der Waals surface area contributed by atoms with Crippen molar-refractivity contribution in [1.82, 2.24) is 15.1 Å². The third kappa shape index (κ3) is 3.33. The lowest BCUT2D eigenvalue weighted by Crippen LogP contribution is -2.42. The molecule has 3 aromatic rings. The standard InChI is InChI=1S/C19H20N4O2/c1-13-6-7-18(22-21-13)20-15-8-10-23(11-9-15)19(24)17-12-14-4-2-3-5-16(14)25-17/h2-7,12,15H,8-11H2,1H3,(H,20,22). The second-order valence-electron chi connectivity index (χ2n) is 6.42. The van der Waals surface area contributed by atoms with Crippen molar-refractivity contribution in [3.8, 4) is 0 Å². The van der Waals surface area contributed by atoms with Crippen molar-refractivity contribution in [2.24, 2.45) is 0 Å². The smallest absolute Gasteiger partial charge is 0.289 e. The molecule has 0 saturated carbocycles. The fourth-order valence-corrected chi connectivity index (χ4v) is 3.16. The van der Waals surface area contributed by atoms with Gasteiger partial charge in [0.05, 0.1) is 5.69 Å². The van der Waals surface area contributed by atoms with Crippen LogP contribution in [0.3, 0.4) is 0 Å². The molecule has 1 N–H and O–H groups in total. The first-order valence-electron chi connectivity index (χ1n) is 8.54. The highest BCUT2D eigenvalue weighted by atomic mass is 16.3. The van der Waals surface area contributed by atoms with Crippen LogP contribution in [0.1, 0.15) is 29.1 Å². The van der Waals surface area contributed by atoms with E-state index in [0.717, 1.165) is 35.3 Å². The molecule has 0 radical (unpaired) electrons. The molecule has 4 rings (SSSR count). The maximum Gasteiger partial charge on any atom is 0.289 e. The van der Waals surface area contributed by atoms with Crippen LogP contribution in [0.4, 0.5) is 5.82 Å². The summed E-state index contributed by atoms with van der Waals surface area (Å²) in [6.45, 7) is 3.32. The molecule has 6 nitrogen and oxygen atoms in total. The van der Waals surface area contributed by atoms with E-state index < -0.39 is 0 Å². The van der Waals surface area contributed by atoms with Crippen molar-refractivity contribution in [2.75, 3.05) is 18.4 Å². The first-order valence-corrected chi connectivity index (χ1v) is 8.54. The number of rotatable bonds is 3. The first-order chi connectivity index (χ1) is 12.2. The number of hydrogen-bond donors (Lipinski definition) is 1. The Morgan fingerprint density at radius 2 is 1.96 bits per heavy atom. The predicted molar refractivity (Wildman–Crippen MR) is 95.5 cm³/mol. The summed E-state index contributed by atoms with van der Waals surface area (Å²) in [6.07, 6.45) is 1.75. The van der Waals surface area contributed by atoms with Crippen LogP contribution in [-0.2, 0) is 0 Å². The van der Waals surface area contributed by atoms with Crippen LogP contribution in [0.15, 0.2) is 46.9 Å². The zero-order valence-electron chi connectivity index (χ0n) is 14.1. The van der Waals surface area contributed by atoms with Gasteiger partial charge in [0.25, 0.3) is 5.91 Å². The van der Waals surface area contributed by atoms with Crippen LogP contribution in [0.2, 0.25) is 0 Å². The number of benzene rings is 1. The average molecular weight is 336 g/mol. The summed E-state index contributed by atoms with van der Waals surface area (Å²) >= 11 is 0. The van der Waals surface area contributed by atoms with E-state index in [2.05, 4.69) is 15.5 Å². The Bertz CT molecular complexity index is 847.